The quantitative estimate of drug-likeness (QED) is 0.697. The molecule has 2 rings (SSSR count). The number of carbonyl (C=O) groups is 2. The Bertz CT molecular complexity index is 641. The highest BCUT2D eigenvalue weighted by atomic mass is 79.9. The van der Waals surface area contributed by atoms with E-state index in [1.54, 1.807) is 12.3 Å². The van der Waals surface area contributed by atoms with Crippen molar-refractivity contribution >= 4 is 62.3 Å². The smallest absolute Gasteiger partial charge is 0.286 e. The minimum Gasteiger partial charge on any atom is -0.356 e. The number of hydrazine groups is 1. The van der Waals surface area contributed by atoms with E-state index in [0.29, 0.717) is 10.0 Å². The summed E-state index contributed by atoms with van der Waals surface area (Å²) < 4.78 is 1.39. The predicted octanol–water partition coefficient (Wildman–Crippen LogP) is 3.22. The van der Waals surface area contributed by atoms with E-state index in [1.807, 2.05) is 0 Å². The van der Waals surface area contributed by atoms with Crippen LogP contribution in [0.2, 0.25) is 8.67 Å². The van der Waals surface area contributed by atoms with Crippen LogP contribution in [0, 0.1) is 0 Å². The Kier molecular flexibility index (Phi) is 4.51. The van der Waals surface area contributed by atoms with Crippen molar-refractivity contribution in [2.45, 2.75) is 0 Å². The SMILES string of the molecule is O=C(NNC(=O)c1cc(Cl)sc1Cl)c1cc(Br)c[nH]1. The van der Waals surface area contributed by atoms with Gasteiger partial charge in [-0.3, -0.25) is 20.4 Å². The summed E-state index contributed by atoms with van der Waals surface area (Å²) in [4.78, 5) is 26.1. The molecule has 0 aliphatic carbocycles. The standard InChI is InChI=1S/C10H6BrCl2N3O2S/c11-4-1-6(14-3-4)10(18)16-15-9(17)5-2-7(12)19-8(5)13/h1-3,14H,(H,15,17)(H,16,18). The fourth-order valence-electron chi connectivity index (χ4n) is 1.24. The van der Waals surface area contributed by atoms with Gasteiger partial charge in [0.1, 0.15) is 10.0 Å². The summed E-state index contributed by atoms with van der Waals surface area (Å²) in [6.45, 7) is 0. The minimum absolute atomic E-state index is 0.213. The molecule has 0 bridgehead atoms. The van der Waals surface area contributed by atoms with Gasteiger partial charge in [-0.15, -0.1) is 11.3 Å². The summed E-state index contributed by atoms with van der Waals surface area (Å²) in [5, 5.41) is 0. The first-order chi connectivity index (χ1) is 8.97. The van der Waals surface area contributed by atoms with Gasteiger partial charge in [-0.05, 0) is 28.1 Å². The second kappa shape index (κ2) is 5.96. The number of H-pyrrole nitrogens is 1. The molecule has 5 nitrogen and oxygen atoms in total. The first-order valence-electron chi connectivity index (χ1n) is 4.87. The van der Waals surface area contributed by atoms with Crippen LogP contribution in [0.3, 0.4) is 0 Å². The van der Waals surface area contributed by atoms with E-state index in [0.717, 1.165) is 15.8 Å². The highest BCUT2D eigenvalue weighted by Gasteiger charge is 2.15. The van der Waals surface area contributed by atoms with Gasteiger partial charge in [0.15, 0.2) is 0 Å². The Balaban J connectivity index is 1.97. The Morgan fingerprint density at radius 2 is 1.89 bits per heavy atom. The van der Waals surface area contributed by atoms with Gasteiger partial charge >= 0.3 is 0 Å². The largest absolute Gasteiger partial charge is 0.356 e. The molecule has 2 amide bonds. The number of nitrogens with one attached hydrogen (secondary N) is 3. The molecule has 2 aromatic rings. The topological polar surface area (TPSA) is 74.0 Å². The molecule has 9 heteroatoms. The van der Waals surface area contributed by atoms with Crippen LogP contribution >= 0.6 is 50.5 Å². The Morgan fingerprint density at radius 3 is 2.42 bits per heavy atom. The second-order valence-corrected chi connectivity index (χ2v) is 6.58. The lowest BCUT2D eigenvalue weighted by atomic mass is 10.3. The number of halogens is 3. The summed E-state index contributed by atoms with van der Waals surface area (Å²) in [6, 6.07) is 3.01. The zero-order valence-electron chi connectivity index (χ0n) is 9.09. The van der Waals surface area contributed by atoms with Gasteiger partial charge in [0.05, 0.1) is 9.90 Å². The Morgan fingerprint density at radius 1 is 1.21 bits per heavy atom. The lowest BCUT2D eigenvalue weighted by molar-refractivity contribution is 0.0844. The van der Waals surface area contributed by atoms with Crippen molar-refractivity contribution in [1.29, 1.82) is 0 Å². The van der Waals surface area contributed by atoms with Crippen LogP contribution in [0.4, 0.5) is 0 Å². The molecule has 0 fully saturated rings. The normalized spacial score (nSPS) is 10.3. The van der Waals surface area contributed by atoms with Crippen molar-refractivity contribution in [3.63, 3.8) is 0 Å². The number of aromatic nitrogens is 1. The number of amides is 2. The number of hydrogen-bond acceptors (Lipinski definition) is 3. The lowest BCUT2D eigenvalue weighted by Crippen LogP contribution is -2.41. The van der Waals surface area contributed by atoms with Crippen LogP contribution in [0.5, 0.6) is 0 Å². The molecule has 2 heterocycles. The van der Waals surface area contributed by atoms with Gasteiger partial charge in [-0.2, -0.15) is 0 Å². The fraction of sp³-hybridized carbons (Fsp3) is 0. The van der Waals surface area contributed by atoms with Gasteiger partial charge in [0.25, 0.3) is 11.8 Å². The Hall–Kier alpha value is -1.02. The van der Waals surface area contributed by atoms with E-state index in [1.165, 1.54) is 6.07 Å². The lowest BCUT2D eigenvalue weighted by Gasteiger charge is -2.05. The summed E-state index contributed by atoms with van der Waals surface area (Å²) in [5.74, 6) is -1.01. The zero-order chi connectivity index (χ0) is 14.0. The van der Waals surface area contributed by atoms with Crippen LogP contribution in [0.15, 0.2) is 22.8 Å². The maximum Gasteiger partial charge on any atom is 0.286 e. The first-order valence-corrected chi connectivity index (χ1v) is 7.23. The molecule has 0 saturated carbocycles. The van der Waals surface area contributed by atoms with E-state index >= 15 is 0 Å². The molecular weight excluding hydrogens is 377 g/mol. The fourth-order valence-corrected chi connectivity index (χ4v) is 3.04. The zero-order valence-corrected chi connectivity index (χ0v) is 13.0. The number of carbonyl (C=O) groups excluding carboxylic acids is 2. The molecule has 0 radical (unpaired) electrons. The highest BCUT2D eigenvalue weighted by Crippen LogP contribution is 2.30. The molecule has 0 aliphatic rings. The monoisotopic (exact) mass is 381 g/mol. The summed E-state index contributed by atoms with van der Waals surface area (Å²) in [7, 11) is 0. The third kappa shape index (κ3) is 3.50. The van der Waals surface area contributed by atoms with Crippen molar-refractivity contribution in [3.8, 4) is 0 Å². The minimum atomic E-state index is -0.535. The van der Waals surface area contributed by atoms with Gasteiger partial charge in [0.2, 0.25) is 0 Å². The molecule has 19 heavy (non-hydrogen) atoms. The number of rotatable bonds is 2. The van der Waals surface area contributed by atoms with E-state index in [-0.39, 0.29) is 9.90 Å². The van der Waals surface area contributed by atoms with Crippen LogP contribution in [0.25, 0.3) is 0 Å². The van der Waals surface area contributed by atoms with Crippen LogP contribution in [-0.2, 0) is 0 Å². The molecule has 0 saturated heterocycles. The first kappa shape index (κ1) is 14.4. The van der Waals surface area contributed by atoms with Crippen LogP contribution in [0.1, 0.15) is 20.8 Å². The van der Waals surface area contributed by atoms with E-state index < -0.39 is 11.8 Å². The van der Waals surface area contributed by atoms with E-state index in [4.69, 9.17) is 23.2 Å². The number of aromatic amines is 1. The van der Waals surface area contributed by atoms with Gasteiger partial charge < -0.3 is 4.98 Å². The van der Waals surface area contributed by atoms with Crippen LogP contribution in [-0.4, -0.2) is 16.8 Å². The van der Waals surface area contributed by atoms with Crippen LogP contribution < -0.4 is 10.9 Å². The van der Waals surface area contributed by atoms with E-state index in [9.17, 15) is 9.59 Å². The van der Waals surface area contributed by atoms with Crippen molar-refractivity contribution in [2.75, 3.05) is 0 Å². The van der Waals surface area contributed by atoms with E-state index in [2.05, 4.69) is 31.8 Å². The van der Waals surface area contributed by atoms with Crippen molar-refractivity contribution in [1.82, 2.24) is 15.8 Å². The molecule has 3 N–H and O–H groups in total. The van der Waals surface area contributed by atoms with Crippen molar-refractivity contribution in [3.05, 3.63) is 42.7 Å². The third-order valence-corrected chi connectivity index (χ3v) is 4.03. The average Bonchev–Trinajstić information content (AvgIpc) is 2.92. The summed E-state index contributed by atoms with van der Waals surface area (Å²) >= 11 is 15.8. The molecule has 0 unspecified atom stereocenters. The average molecular weight is 383 g/mol. The van der Waals surface area contributed by atoms with Gasteiger partial charge in [-0.25, -0.2) is 0 Å². The number of hydrogen-bond donors (Lipinski definition) is 3. The summed E-state index contributed by atoms with van der Waals surface area (Å²) in [6.07, 6.45) is 1.60. The number of thiophene rings is 1. The third-order valence-electron chi connectivity index (χ3n) is 2.08. The van der Waals surface area contributed by atoms with Gasteiger partial charge in [0, 0.05) is 10.7 Å². The molecular formula is C10H6BrCl2N3O2S. The maximum atomic E-state index is 11.7. The predicted molar refractivity (Wildman–Crippen MR) is 77.8 cm³/mol. The molecule has 2 aromatic heterocycles. The van der Waals surface area contributed by atoms with Crippen molar-refractivity contribution < 1.29 is 9.59 Å². The second-order valence-electron chi connectivity index (χ2n) is 3.38. The highest BCUT2D eigenvalue weighted by molar-refractivity contribution is 9.10. The molecule has 0 atom stereocenters. The Labute approximate surface area is 130 Å². The summed E-state index contributed by atoms with van der Waals surface area (Å²) in [5.41, 5.74) is 5.03. The molecule has 100 valence electrons. The maximum absolute atomic E-state index is 11.7. The molecule has 0 spiro atoms. The van der Waals surface area contributed by atoms with Gasteiger partial charge in [-0.1, -0.05) is 23.2 Å². The molecule has 0 aromatic carbocycles. The van der Waals surface area contributed by atoms with Crippen molar-refractivity contribution in [2.24, 2.45) is 0 Å². The molecule has 0 aliphatic heterocycles.